The maximum atomic E-state index is 14.3. The van der Waals surface area contributed by atoms with Gasteiger partial charge >= 0.3 is 6.18 Å². The molecule has 0 aromatic heterocycles. The standard InChI is InChI=1S/C19H14F4O/c1-2-24-16-7-8-17(18(20)11-16)14-4-3-13-10-15(19(21,22)23)6-5-12(13)9-14/h3-11H,2H2,1H3. The molecule has 3 aromatic rings. The summed E-state index contributed by atoms with van der Waals surface area (Å²) in [6.07, 6.45) is -4.38. The highest BCUT2D eigenvalue weighted by atomic mass is 19.4. The molecule has 0 unspecified atom stereocenters. The Morgan fingerprint density at radius 1 is 0.875 bits per heavy atom. The predicted octanol–water partition coefficient (Wildman–Crippen LogP) is 6.06. The first-order valence-corrected chi connectivity index (χ1v) is 7.42. The third-order valence-corrected chi connectivity index (χ3v) is 3.73. The first-order chi connectivity index (χ1) is 11.4. The van der Waals surface area contributed by atoms with E-state index in [9.17, 15) is 17.6 Å². The molecular formula is C19H14F4O. The van der Waals surface area contributed by atoms with Crippen molar-refractivity contribution in [3.8, 4) is 16.9 Å². The molecule has 0 fully saturated rings. The van der Waals surface area contributed by atoms with E-state index in [2.05, 4.69) is 0 Å². The van der Waals surface area contributed by atoms with Gasteiger partial charge in [0.1, 0.15) is 11.6 Å². The molecule has 3 aromatic carbocycles. The SMILES string of the molecule is CCOc1ccc(-c2ccc3cc(C(F)(F)F)ccc3c2)c(F)c1. The molecule has 0 spiro atoms. The fourth-order valence-electron chi connectivity index (χ4n) is 2.58. The van der Waals surface area contributed by atoms with Crippen molar-refractivity contribution in [2.75, 3.05) is 6.61 Å². The largest absolute Gasteiger partial charge is 0.494 e. The maximum absolute atomic E-state index is 14.3. The molecule has 0 aliphatic rings. The second-order valence-electron chi connectivity index (χ2n) is 5.35. The predicted molar refractivity (Wildman–Crippen MR) is 85.5 cm³/mol. The summed E-state index contributed by atoms with van der Waals surface area (Å²) < 4.78 is 57.8. The van der Waals surface area contributed by atoms with Crippen LogP contribution >= 0.6 is 0 Å². The summed E-state index contributed by atoms with van der Waals surface area (Å²) in [6, 6.07) is 12.9. The second kappa shape index (κ2) is 6.15. The molecular weight excluding hydrogens is 320 g/mol. The minimum atomic E-state index is -4.38. The Morgan fingerprint density at radius 2 is 1.58 bits per heavy atom. The van der Waals surface area contributed by atoms with Crippen LogP contribution in [0.5, 0.6) is 5.75 Å². The summed E-state index contributed by atoms with van der Waals surface area (Å²) in [6.45, 7) is 2.25. The van der Waals surface area contributed by atoms with Crippen LogP contribution in [0.25, 0.3) is 21.9 Å². The summed E-state index contributed by atoms with van der Waals surface area (Å²) in [5, 5.41) is 1.08. The molecule has 0 bridgehead atoms. The van der Waals surface area contributed by atoms with Gasteiger partial charge in [-0.1, -0.05) is 18.2 Å². The third kappa shape index (κ3) is 3.20. The van der Waals surface area contributed by atoms with E-state index in [0.717, 1.165) is 12.1 Å². The molecule has 1 nitrogen and oxygen atoms in total. The minimum Gasteiger partial charge on any atom is -0.494 e. The molecule has 0 amide bonds. The summed E-state index contributed by atoms with van der Waals surface area (Å²) in [5.74, 6) is 0.00145. The molecule has 3 rings (SSSR count). The highest BCUT2D eigenvalue weighted by molar-refractivity contribution is 5.88. The molecule has 0 radical (unpaired) electrons. The molecule has 0 atom stereocenters. The average molecular weight is 334 g/mol. The number of benzene rings is 3. The van der Waals surface area contributed by atoms with Gasteiger partial charge < -0.3 is 4.74 Å². The molecule has 0 saturated carbocycles. The number of alkyl halides is 3. The van der Waals surface area contributed by atoms with E-state index in [-0.39, 0.29) is 0 Å². The normalized spacial score (nSPS) is 11.7. The zero-order valence-electron chi connectivity index (χ0n) is 12.8. The van der Waals surface area contributed by atoms with Crippen LogP contribution in [-0.2, 0) is 6.18 Å². The van der Waals surface area contributed by atoms with Crippen molar-refractivity contribution < 1.29 is 22.3 Å². The zero-order chi connectivity index (χ0) is 17.3. The number of hydrogen-bond donors (Lipinski definition) is 0. The molecule has 124 valence electrons. The van der Waals surface area contributed by atoms with E-state index in [1.54, 1.807) is 30.3 Å². The quantitative estimate of drug-likeness (QED) is 0.529. The molecule has 24 heavy (non-hydrogen) atoms. The smallest absolute Gasteiger partial charge is 0.416 e. The van der Waals surface area contributed by atoms with Gasteiger partial charge in [-0.3, -0.25) is 0 Å². The molecule has 0 saturated heterocycles. The van der Waals surface area contributed by atoms with Gasteiger partial charge in [-0.15, -0.1) is 0 Å². The molecule has 5 heteroatoms. The number of ether oxygens (including phenoxy) is 1. The number of hydrogen-bond acceptors (Lipinski definition) is 1. The van der Waals surface area contributed by atoms with Crippen molar-refractivity contribution in [3.05, 3.63) is 66.0 Å². The Kier molecular flexibility index (Phi) is 4.18. The van der Waals surface area contributed by atoms with Gasteiger partial charge in [0.25, 0.3) is 0 Å². The van der Waals surface area contributed by atoms with Crippen LogP contribution in [0, 0.1) is 5.82 Å². The summed E-state index contributed by atoms with van der Waals surface area (Å²) >= 11 is 0. The lowest BCUT2D eigenvalue weighted by Gasteiger charge is -2.10. The monoisotopic (exact) mass is 334 g/mol. The van der Waals surface area contributed by atoms with Crippen molar-refractivity contribution in [1.82, 2.24) is 0 Å². The van der Waals surface area contributed by atoms with Crippen LogP contribution in [0.15, 0.2) is 54.6 Å². The van der Waals surface area contributed by atoms with Crippen LogP contribution in [0.3, 0.4) is 0 Å². The average Bonchev–Trinajstić information content (AvgIpc) is 2.53. The van der Waals surface area contributed by atoms with E-state index >= 15 is 0 Å². The Morgan fingerprint density at radius 3 is 2.25 bits per heavy atom. The summed E-state index contributed by atoms with van der Waals surface area (Å²) in [7, 11) is 0. The van der Waals surface area contributed by atoms with Crippen LogP contribution < -0.4 is 4.74 Å². The Balaban J connectivity index is 2.02. The lowest BCUT2D eigenvalue weighted by atomic mass is 9.99. The Labute approximate surface area is 136 Å². The molecule has 0 heterocycles. The van der Waals surface area contributed by atoms with Gasteiger partial charge in [0, 0.05) is 11.6 Å². The topological polar surface area (TPSA) is 9.23 Å². The van der Waals surface area contributed by atoms with Crippen molar-refractivity contribution in [2.24, 2.45) is 0 Å². The third-order valence-electron chi connectivity index (χ3n) is 3.73. The van der Waals surface area contributed by atoms with E-state index in [0.29, 0.717) is 34.3 Å². The fourth-order valence-corrected chi connectivity index (χ4v) is 2.58. The molecule has 0 N–H and O–H groups in total. The van der Waals surface area contributed by atoms with E-state index in [1.807, 2.05) is 6.92 Å². The lowest BCUT2D eigenvalue weighted by Crippen LogP contribution is -2.04. The highest BCUT2D eigenvalue weighted by Gasteiger charge is 2.30. The molecule has 0 aliphatic heterocycles. The van der Waals surface area contributed by atoms with E-state index in [4.69, 9.17) is 4.74 Å². The highest BCUT2D eigenvalue weighted by Crippen LogP contribution is 2.33. The van der Waals surface area contributed by atoms with Gasteiger partial charge in [0.2, 0.25) is 0 Å². The minimum absolute atomic E-state index is 0.375. The van der Waals surface area contributed by atoms with Crippen molar-refractivity contribution in [3.63, 3.8) is 0 Å². The molecule has 0 aliphatic carbocycles. The van der Waals surface area contributed by atoms with E-state index < -0.39 is 17.6 Å². The second-order valence-corrected chi connectivity index (χ2v) is 5.35. The Hall–Kier alpha value is -2.56. The van der Waals surface area contributed by atoms with Crippen LogP contribution in [0.1, 0.15) is 12.5 Å². The fraction of sp³-hybridized carbons (Fsp3) is 0.158. The summed E-state index contributed by atoms with van der Waals surface area (Å²) in [4.78, 5) is 0. The summed E-state index contributed by atoms with van der Waals surface area (Å²) in [5.41, 5.74) is 0.276. The number of halogens is 4. The zero-order valence-corrected chi connectivity index (χ0v) is 12.8. The van der Waals surface area contributed by atoms with Crippen molar-refractivity contribution in [1.29, 1.82) is 0 Å². The lowest BCUT2D eigenvalue weighted by molar-refractivity contribution is -0.137. The van der Waals surface area contributed by atoms with Crippen molar-refractivity contribution in [2.45, 2.75) is 13.1 Å². The first-order valence-electron chi connectivity index (χ1n) is 7.42. The van der Waals surface area contributed by atoms with Crippen LogP contribution in [0.2, 0.25) is 0 Å². The van der Waals surface area contributed by atoms with Gasteiger partial charge in [-0.2, -0.15) is 13.2 Å². The number of rotatable bonds is 3. The van der Waals surface area contributed by atoms with E-state index in [1.165, 1.54) is 12.1 Å². The van der Waals surface area contributed by atoms with Gasteiger partial charge in [0.15, 0.2) is 0 Å². The van der Waals surface area contributed by atoms with Gasteiger partial charge in [-0.25, -0.2) is 4.39 Å². The van der Waals surface area contributed by atoms with Crippen LogP contribution in [0.4, 0.5) is 17.6 Å². The van der Waals surface area contributed by atoms with Crippen molar-refractivity contribution >= 4 is 10.8 Å². The first kappa shape index (κ1) is 16.3. The van der Waals surface area contributed by atoms with Gasteiger partial charge in [0.05, 0.1) is 12.2 Å². The number of fused-ring (bicyclic) bond motifs is 1. The Bertz CT molecular complexity index is 884. The van der Waals surface area contributed by atoms with Gasteiger partial charge in [-0.05, 0) is 53.6 Å². The van der Waals surface area contributed by atoms with Crippen LogP contribution in [-0.4, -0.2) is 6.61 Å². The maximum Gasteiger partial charge on any atom is 0.416 e.